The third-order valence-electron chi connectivity index (χ3n) is 6.41. The van der Waals surface area contributed by atoms with E-state index in [1.807, 2.05) is 18.2 Å². The molecule has 0 bridgehead atoms. The molecule has 1 aromatic carbocycles. The van der Waals surface area contributed by atoms with E-state index in [1.54, 1.807) is 7.11 Å². The molecule has 2 heterocycles. The highest BCUT2D eigenvalue weighted by molar-refractivity contribution is 5.78. The molecule has 0 spiro atoms. The average molecular weight is 408 g/mol. The molecule has 1 aliphatic carbocycles. The Kier molecular flexibility index (Phi) is 7.00. The van der Waals surface area contributed by atoms with Crippen molar-refractivity contribution in [1.82, 2.24) is 15.2 Å². The molecule has 0 unspecified atom stereocenters. The van der Waals surface area contributed by atoms with Crippen molar-refractivity contribution in [1.29, 1.82) is 0 Å². The Labute approximate surface area is 179 Å². The molecule has 5 heteroatoms. The number of hydrogen-bond acceptors (Lipinski definition) is 4. The topological polar surface area (TPSA) is 54.5 Å². The number of pyridine rings is 1. The number of para-hydroxylation sites is 1. The number of carbonyl (C=O) groups excluding carboxylic acids is 1. The smallest absolute Gasteiger partial charge is 0.234 e. The Morgan fingerprint density at radius 1 is 1.07 bits per heavy atom. The van der Waals surface area contributed by atoms with Crippen molar-refractivity contribution in [3.05, 3.63) is 59.4 Å². The Morgan fingerprint density at radius 2 is 1.90 bits per heavy atom. The predicted octanol–water partition coefficient (Wildman–Crippen LogP) is 4.27. The van der Waals surface area contributed by atoms with Crippen LogP contribution in [-0.4, -0.2) is 42.0 Å². The predicted molar refractivity (Wildman–Crippen MR) is 119 cm³/mol. The van der Waals surface area contributed by atoms with Crippen molar-refractivity contribution in [3.63, 3.8) is 0 Å². The summed E-state index contributed by atoms with van der Waals surface area (Å²) < 4.78 is 5.49. The number of aromatic nitrogens is 1. The van der Waals surface area contributed by atoms with Gasteiger partial charge in [-0.1, -0.05) is 43.5 Å². The van der Waals surface area contributed by atoms with Gasteiger partial charge in [-0.15, -0.1) is 0 Å². The molecule has 1 amide bonds. The molecule has 1 saturated heterocycles. The fourth-order valence-electron chi connectivity index (χ4n) is 4.88. The third-order valence-corrected chi connectivity index (χ3v) is 6.41. The normalized spacial score (nSPS) is 20.2. The maximum atomic E-state index is 12.6. The number of likely N-dealkylation sites (tertiary alicyclic amines) is 1. The lowest BCUT2D eigenvalue weighted by Gasteiger charge is -2.27. The zero-order valence-electron chi connectivity index (χ0n) is 18.0. The maximum Gasteiger partial charge on any atom is 0.234 e. The zero-order chi connectivity index (χ0) is 20.8. The van der Waals surface area contributed by atoms with Gasteiger partial charge < -0.3 is 10.1 Å². The Bertz CT molecular complexity index is 848. The Balaban J connectivity index is 1.41. The number of carbonyl (C=O) groups is 1. The van der Waals surface area contributed by atoms with Crippen molar-refractivity contribution in [2.45, 2.75) is 63.5 Å². The summed E-state index contributed by atoms with van der Waals surface area (Å²) >= 11 is 0. The van der Waals surface area contributed by atoms with Gasteiger partial charge in [0.25, 0.3) is 0 Å². The van der Waals surface area contributed by atoms with Crippen molar-refractivity contribution < 1.29 is 9.53 Å². The SMILES string of the molecule is COc1ccccc1Cc1cccc([C@H]2CCCN2CC(=O)NC2CCCCC2)n1. The lowest BCUT2D eigenvalue weighted by atomic mass is 9.95. The van der Waals surface area contributed by atoms with Crippen LogP contribution < -0.4 is 10.1 Å². The molecule has 160 valence electrons. The van der Waals surface area contributed by atoms with E-state index in [9.17, 15) is 4.79 Å². The molecular formula is C25H33N3O2. The summed E-state index contributed by atoms with van der Waals surface area (Å²) in [6.45, 7) is 1.43. The molecular weight excluding hydrogens is 374 g/mol. The second-order valence-electron chi connectivity index (χ2n) is 8.57. The summed E-state index contributed by atoms with van der Waals surface area (Å²) in [7, 11) is 1.71. The average Bonchev–Trinajstić information content (AvgIpc) is 3.23. The van der Waals surface area contributed by atoms with E-state index >= 15 is 0 Å². The second kappa shape index (κ2) is 10.1. The van der Waals surface area contributed by atoms with Crippen molar-refractivity contribution in [2.75, 3.05) is 20.2 Å². The molecule has 4 rings (SSSR count). The Hall–Kier alpha value is -2.40. The van der Waals surface area contributed by atoms with Crippen LogP contribution in [0.2, 0.25) is 0 Å². The highest BCUT2D eigenvalue weighted by Crippen LogP contribution is 2.31. The van der Waals surface area contributed by atoms with E-state index in [0.29, 0.717) is 12.6 Å². The standard InChI is InChI=1S/C25H33N3O2/c1-30-24-15-6-5-9-19(24)17-21-12-7-13-22(26-21)23-14-8-16-28(23)18-25(29)27-20-10-3-2-4-11-20/h5-7,9,12-13,15,20,23H,2-4,8,10-11,14,16-18H2,1H3,(H,27,29)/t23-/m1/s1. The number of amides is 1. The van der Waals surface area contributed by atoms with E-state index in [-0.39, 0.29) is 11.9 Å². The largest absolute Gasteiger partial charge is 0.496 e. The van der Waals surface area contributed by atoms with Crippen molar-refractivity contribution >= 4 is 5.91 Å². The van der Waals surface area contributed by atoms with Gasteiger partial charge in [0.1, 0.15) is 5.75 Å². The van der Waals surface area contributed by atoms with Crippen molar-refractivity contribution in [2.24, 2.45) is 0 Å². The van der Waals surface area contributed by atoms with E-state index in [1.165, 1.54) is 19.3 Å². The summed E-state index contributed by atoms with van der Waals surface area (Å²) in [4.78, 5) is 19.9. The molecule has 2 aromatic rings. The number of ether oxygens (including phenoxy) is 1. The maximum absolute atomic E-state index is 12.6. The van der Waals surface area contributed by atoms with Crippen LogP contribution in [0, 0.1) is 0 Å². The number of nitrogens with one attached hydrogen (secondary N) is 1. The third kappa shape index (κ3) is 5.20. The van der Waals surface area contributed by atoms with E-state index in [2.05, 4.69) is 34.5 Å². The molecule has 1 atom stereocenters. The first kappa shape index (κ1) is 20.9. The van der Waals surface area contributed by atoms with E-state index in [4.69, 9.17) is 9.72 Å². The van der Waals surface area contributed by atoms with Crippen LogP contribution in [0.15, 0.2) is 42.5 Å². The van der Waals surface area contributed by atoms with Gasteiger partial charge in [-0.3, -0.25) is 14.7 Å². The number of rotatable bonds is 7. The highest BCUT2D eigenvalue weighted by atomic mass is 16.5. The fraction of sp³-hybridized carbons (Fsp3) is 0.520. The minimum absolute atomic E-state index is 0.166. The lowest BCUT2D eigenvalue weighted by Crippen LogP contribution is -2.42. The van der Waals surface area contributed by atoms with Crippen LogP contribution in [0.3, 0.4) is 0 Å². The first-order valence-electron chi connectivity index (χ1n) is 11.3. The molecule has 1 saturated carbocycles. The van der Waals surface area contributed by atoms with Gasteiger partial charge in [0.05, 0.1) is 25.4 Å². The molecule has 2 fully saturated rings. The van der Waals surface area contributed by atoms with Crippen LogP contribution in [-0.2, 0) is 11.2 Å². The van der Waals surface area contributed by atoms with Gasteiger partial charge in [-0.25, -0.2) is 0 Å². The number of methoxy groups -OCH3 is 1. The van der Waals surface area contributed by atoms with Crippen LogP contribution in [0.5, 0.6) is 5.75 Å². The number of hydrogen-bond donors (Lipinski definition) is 1. The molecule has 5 nitrogen and oxygen atoms in total. The van der Waals surface area contributed by atoms with Gasteiger partial charge in [0, 0.05) is 23.7 Å². The molecule has 1 aliphatic heterocycles. The fourth-order valence-corrected chi connectivity index (χ4v) is 4.88. The molecule has 2 aliphatic rings. The van der Waals surface area contributed by atoms with Crippen LogP contribution in [0.25, 0.3) is 0 Å². The lowest BCUT2D eigenvalue weighted by molar-refractivity contribution is -0.123. The van der Waals surface area contributed by atoms with Crippen molar-refractivity contribution in [3.8, 4) is 5.75 Å². The number of benzene rings is 1. The van der Waals surface area contributed by atoms with Crippen LogP contribution >= 0.6 is 0 Å². The second-order valence-corrected chi connectivity index (χ2v) is 8.57. The highest BCUT2D eigenvalue weighted by Gasteiger charge is 2.29. The first-order valence-corrected chi connectivity index (χ1v) is 11.3. The summed E-state index contributed by atoms with van der Waals surface area (Å²) in [6, 6.07) is 15.0. The minimum atomic E-state index is 0.166. The van der Waals surface area contributed by atoms with Gasteiger partial charge in [-0.05, 0) is 50.4 Å². The summed E-state index contributed by atoms with van der Waals surface area (Å²) in [5, 5.41) is 3.26. The molecule has 1 N–H and O–H groups in total. The van der Waals surface area contributed by atoms with Gasteiger partial charge in [0.2, 0.25) is 5.91 Å². The monoisotopic (exact) mass is 407 g/mol. The zero-order valence-corrected chi connectivity index (χ0v) is 18.0. The van der Waals surface area contributed by atoms with Gasteiger partial charge in [-0.2, -0.15) is 0 Å². The van der Waals surface area contributed by atoms with Crippen LogP contribution in [0.1, 0.15) is 67.9 Å². The first-order chi connectivity index (χ1) is 14.7. The molecule has 30 heavy (non-hydrogen) atoms. The van der Waals surface area contributed by atoms with E-state index in [0.717, 1.165) is 61.3 Å². The quantitative estimate of drug-likeness (QED) is 0.745. The van der Waals surface area contributed by atoms with Gasteiger partial charge >= 0.3 is 0 Å². The van der Waals surface area contributed by atoms with Crippen LogP contribution in [0.4, 0.5) is 0 Å². The summed E-state index contributed by atoms with van der Waals surface area (Å²) in [5.74, 6) is 1.06. The molecule has 0 radical (unpaired) electrons. The minimum Gasteiger partial charge on any atom is -0.496 e. The summed E-state index contributed by atoms with van der Waals surface area (Å²) in [6.07, 6.45) is 8.94. The van der Waals surface area contributed by atoms with Gasteiger partial charge in [0.15, 0.2) is 0 Å². The Morgan fingerprint density at radius 3 is 2.73 bits per heavy atom. The molecule has 1 aromatic heterocycles. The van der Waals surface area contributed by atoms with E-state index < -0.39 is 0 Å². The number of nitrogens with zero attached hydrogens (tertiary/aromatic N) is 2. The summed E-state index contributed by atoms with van der Waals surface area (Å²) in [5.41, 5.74) is 3.25.